The van der Waals surface area contributed by atoms with Crippen LogP contribution in [0.25, 0.3) is 34.0 Å². The summed E-state index contributed by atoms with van der Waals surface area (Å²) >= 11 is 0. The average Bonchev–Trinajstić information content (AvgIpc) is 3.31. The molecule has 0 N–H and O–H groups in total. The smallest absolute Gasteiger partial charge is 0.269 e. The van der Waals surface area contributed by atoms with Gasteiger partial charge in [0, 0.05) is 30.8 Å². The van der Waals surface area contributed by atoms with Crippen molar-refractivity contribution in [2.45, 2.75) is 0 Å². The van der Waals surface area contributed by atoms with Crippen molar-refractivity contribution >= 4 is 28.4 Å². The number of nitriles is 1. The molecule has 0 saturated heterocycles. The highest BCUT2D eigenvalue weighted by molar-refractivity contribution is 5.90. The molecule has 4 rings (SSSR count). The Morgan fingerprint density at radius 3 is 2.61 bits per heavy atom. The van der Waals surface area contributed by atoms with Gasteiger partial charge in [-0.3, -0.25) is 10.1 Å². The Hall–Kier alpha value is -4.18. The second-order valence-corrected chi connectivity index (χ2v) is 6.16. The van der Waals surface area contributed by atoms with E-state index in [-0.39, 0.29) is 5.69 Å². The molecule has 4 aromatic rings. The van der Waals surface area contributed by atoms with Crippen LogP contribution in [0.1, 0.15) is 11.6 Å². The predicted octanol–water partition coefficient (Wildman–Crippen LogP) is 4.81. The van der Waals surface area contributed by atoms with Gasteiger partial charge in [-0.15, -0.1) is 0 Å². The van der Waals surface area contributed by atoms with Crippen molar-refractivity contribution in [1.82, 2.24) is 9.55 Å². The van der Waals surface area contributed by atoms with Crippen LogP contribution in [0, 0.1) is 21.4 Å². The summed E-state index contributed by atoms with van der Waals surface area (Å²) in [5.74, 6) is 1.61. The molecule has 28 heavy (non-hydrogen) atoms. The normalized spacial score (nSPS) is 11.5. The van der Waals surface area contributed by atoms with Crippen molar-refractivity contribution in [3.63, 3.8) is 0 Å². The minimum Gasteiger partial charge on any atom is -0.457 e. The van der Waals surface area contributed by atoms with Crippen LogP contribution in [0.3, 0.4) is 0 Å². The molecule has 0 radical (unpaired) electrons. The first-order valence-electron chi connectivity index (χ1n) is 8.45. The number of furan rings is 1. The van der Waals surface area contributed by atoms with Crippen LogP contribution in [0.2, 0.25) is 0 Å². The third-order valence-corrected chi connectivity index (χ3v) is 4.42. The van der Waals surface area contributed by atoms with E-state index in [1.165, 1.54) is 12.1 Å². The molecule has 0 aliphatic carbocycles. The molecule has 0 amide bonds. The van der Waals surface area contributed by atoms with E-state index in [2.05, 4.69) is 11.1 Å². The van der Waals surface area contributed by atoms with Crippen molar-refractivity contribution < 1.29 is 9.34 Å². The fourth-order valence-corrected chi connectivity index (χ4v) is 3.01. The van der Waals surface area contributed by atoms with E-state index in [0.717, 1.165) is 11.0 Å². The van der Waals surface area contributed by atoms with Crippen LogP contribution in [0.4, 0.5) is 5.69 Å². The lowest BCUT2D eigenvalue weighted by molar-refractivity contribution is -0.384. The summed E-state index contributed by atoms with van der Waals surface area (Å²) in [6.45, 7) is 0. The maximum absolute atomic E-state index is 10.8. The highest BCUT2D eigenvalue weighted by Crippen LogP contribution is 2.27. The van der Waals surface area contributed by atoms with E-state index in [0.29, 0.717) is 28.5 Å². The van der Waals surface area contributed by atoms with E-state index >= 15 is 0 Å². The molecule has 2 heterocycles. The molecule has 0 spiro atoms. The average molecular weight is 370 g/mol. The zero-order valence-electron chi connectivity index (χ0n) is 14.9. The van der Waals surface area contributed by atoms with E-state index < -0.39 is 4.92 Å². The summed E-state index contributed by atoms with van der Waals surface area (Å²) < 4.78 is 7.67. The summed E-state index contributed by atoms with van der Waals surface area (Å²) in [5, 5.41) is 20.4. The molecule has 2 aromatic heterocycles. The van der Waals surface area contributed by atoms with Crippen molar-refractivity contribution in [2.75, 3.05) is 0 Å². The minimum absolute atomic E-state index is 0.0176. The van der Waals surface area contributed by atoms with Gasteiger partial charge < -0.3 is 8.98 Å². The second-order valence-electron chi connectivity index (χ2n) is 6.16. The van der Waals surface area contributed by atoms with Crippen molar-refractivity contribution in [3.05, 3.63) is 82.4 Å². The Kier molecular flexibility index (Phi) is 4.22. The van der Waals surface area contributed by atoms with Crippen molar-refractivity contribution in [3.8, 4) is 17.4 Å². The molecular weight excluding hydrogens is 356 g/mol. The molecule has 2 aromatic carbocycles. The molecule has 0 unspecified atom stereocenters. The number of fused-ring (bicyclic) bond motifs is 1. The number of rotatable bonds is 4. The monoisotopic (exact) mass is 370 g/mol. The van der Waals surface area contributed by atoms with Crippen molar-refractivity contribution in [2.24, 2.45) is 7.05 Å². The topological polar surface area (TPSA) is 97.9 Å². The minimum atomic E-state index is -0.448. The Bertz CT molecular complexity index is 1260. The van der Waals surface area contributed by atoms with E-state index in [1.54, 1.807) is 30.3 Å². The first kappa shape index (κ1) is 17.2. The third kappa shape index (κ3) is 3.04. The summed E-state index contributed by atoms with van der Waals surface area (Å²) in [4.78, 5) is 14.9. The standard InChI is InChI=1S/C21H14N4O3/c1-24-19-5-3-2-4-18(19)23-21(24)15(13-22)12-17-10-11-20(28-17)14-6-8-16(9-7-14)25(26)27/h2-12H,1H3/b15-12+. The summed E-state index contributed by atoms with van der Waals surface area (Å²) in [5.41, 5.74) is 2.86. The molecule has 0 atom stereocenters. The lowest BCUT2D eigenvalue weighted by Gasteiger charge is -2.00. The number of aromatic nitrogens is 2. The summed E-state index contributed by atoms with van der Waals surface area (Å²) in [6.07, 6.45) is 1.64. The van der Waals surface area contributed by atoms with Gasteiger partial charge in [-0.25, -0.2) is 4.98 Å². The van der Waals surface area contributed by atoms with Crippen LogP contribution in [0.5, 0.6) is 0 Å². The zero-order valence-corrected chi connectivity index (χ0v) is 14.9. The molecule has 0 aliphatic rings. The highest BCUT2D eigenvalue weighted by atomic mass is 16.6. The van der Waals surface area contributed by atoms with Gasteiger partial charge in [0.25, 0.3) is 5.69 Å². The number of nitro groups is 1. The number of para-hydroxylation sites is 2. The van der Waals surface area contributed by atoms with Gasteiger partial charge in [-0.1, -0.05) is 12.1 Å². The Morgan fingerprint density at radius 2 is 1.93 bits per heavy atom. The van der Waals surface area contributed by atoms with Gasteiger partial charge in [0.15, 0.2) is 5.82 Å². The van der Waals surface area contributed by atoms with Gasteiger partial charge in [-0.2, -0.15) is 5.26 Å². The molecular formula is C21H14N4O3. The SMILES string of the molecule is Cn1c(/C(C#N)=C/c2ccc(-c3ccc([N+](=O)[O-])cc3)o2)nc2ccccc21. The summed E-state index contributed by atoms with van der Waals surface area (Å²) in [7, 11) is 1.86. The summed E-state index contributed by atoms with van der Waals surface area (Å²) in [6, 6.07) is 19.5. The molecule has 0 saturated carbocycles. The van der Waals surface area contributed by atoms with Crippen LogP contribution in [-0.2, 0) is 7.05 Å². The molecule has 0 aliphatic heterocycles. The highest BCUT2D eigenvalue weighted by Gasteiger charge is 2.13. The number of non-ortho nitro benzene ring substituents is 1. The molecule has 0 fully saturated rings. The Morgan fingerprint density at radius 1 is 1.18 bits per heavy atom. The van der Waals surface area contributed by atoms with Gasteiger partial charge in [-0.05, 0) is 36.4 Å². The van der Waals surface area contributed by atoms with Gasteiger partial charge in [0.1, 0.15) is 17.6 Å². The molecule has 0 bridgehead atoms. The fourth-order valence-electron chi connectivity index (χ4n) is 3.01. The lowest BCUT2D eigenvalue weighted by Crippen LogP contribution is -1.95. The number of nitrogens with zero attached hydrogens (tertiary/aromatic N) is 4. The quantitative estimate of drug-likeness (QED) is 0.292. The fraction of sp³-hybridized carbons (Fsp3) is 0.0476. The van der Waals surface area contributed by atoms with E-state index in [4.69, 9.17) is 4.42 Å². The maximum Gasteiger partial charge on any atom is 0.269 e. The number of allylic oxidation sites excluding steroid dienone is 1. The lowest BCUT2D eigenvalue weighted by atomic mass is 10.1. The molecule has 136 valence electrons. The Labute approximate surface area is 159 Å². The largest absolute Gasteiger partial charge is 0.457 e. The number of imidazole rings is 1. The molecule has 7 nitrogen and oxygen atoms in total. The second kappa shape index (κ2) is 6.85. The van der Waals surface area contributed by atoms with Gasteiger partial charge >= 0.3 is 0 Å². The maximum atomic E-state index is 10.8. The zero-order chi connectivity index (χ0) is 19.7. The van der Waals surface area contributed by atoms with E-state index in [9.17, 15) is 15.4 Å². The number of hydrogen-bond donors (Lipinski definition) is 0. The van der Waals surface area contributed by atoms with Crippen LogP contribution >= 0.6 is 0 Å². The Balaban J connectivity index is 1.69. The number of aryl methyl sites for hydroxylation is 1. The number of hydrogen-bond acceptors (Lipinski definition) is 5. The first-order chi connectivity index (χ1) is 13.6. The third-order valence-electron chi connectivity index (χ3n) is 4.42. The van der Waals surface area contributed by atoms with Crippen LogP contribution in [-0.4, -0.2) is 14.5 Å². The van der Waals surface area contributed by atoms with Gasteiger partial charge in [0.2, 0.25) is 0 Å². The number of nitro benzene ring substituents is 1. The predicted molar refractivity (Wildman–Crippen MR) is 105 cm³/mol. The first-order valence-corrected chi connectivity index (χ1v) is 8.45. The molecule has 7 heteroatoms. The van der Waals surface area contributed by atoms with Gasteiger partial charge in [0.05, 0.1) is 21.5 Å². The number of benzene rings is 2. The van der Waals surface area contributed by atoms with E-state index in [1.807, 2.05) is 35.9 Å². The van der Waals surface area contributed by atoms with Crippen LogP contribution in [0.15, 0.2) is 65.1 Å². The van der Waals surface area contributed by atoms with Crippen LogP contribution < -0.4 is 0 Å². The van der Waals surface area contributed by atoms with Crippen molar-refractivity contribution in [1.29, 1.82) is 5.26 Å².